The Kier molecular flexibility index (Phi) is 14.8. The number of unbranched alkanes of at least 4 members (excludes halogenated alkanes) is 16. The number of quaternary nitrogens is 1. The first-order valence-electron chi connectivity index (χ1n) is 12.8. The standard InChI is InChI=1S/C26H48N2O2/c1-4-5-6-7-8-9-10-11-12-13-14-15-16-17-18-19-20-21-25(26(29)30)28(3)23-22-27-24(28)2/h22-23,25H,4-21H2,1-3H3/p+1. The average Bonchev–Trinajstić information content (AvgIpc) is 3.05. The second-order valence-corrected chi connectivity index (χ2v) is 9.42. The third kappa shape index (κ3) is 10.7. The van der Waals surface area contributed by atoms with E-state index in [9.17, 15) is 9.90 Å². The van der Waals surface area contributed by atoms with E-state index in [2.05, 4.69) is 11.9 Å². The van der Waals surface area contributed by atoms with Crippen LogP contribution in [0.2, 0.25) is 0 Å². The molecule has 4 nitrogen and oxygen atoms in total. The second kappa shape index (κ2) is 16.5. The van der Waals surface area contributed by atoms with Crippen LogP contribution in [0.3, 0.4) is 0 Å². The zero-order valence-electron chi connectivity index (χ0n) is 20.2. The van der Waals surface area contributed by atoms with Crippen molar-refractivity contribution in [3.63, 3.8) is 0 Å². The number of carboxylic acid groups (broad SMARTS) is 1. The third-order valence-electron chi connectivity index (χ3n) is 6.85. The molecule has 1 N–H and O–H groups in total. The van der Waals surface area contributed by atoms with Gasteiger partial charge in [-0.15, -0.1) is 0 Å². The first-order valence-corrected chi connectivity index (χ1v) is 12.8. The molecule has 1 heterocycles. The number of carboxylic acids is 1. The van der Waals surface area contributed by atoms with Gasteiger partial charge in [0, 0.05) is 13.3 Å². The number of amidine groups is 1. The van der Waals surface area contributed by atoms with Crippen LogP contribution in [0.4, 0.5) is 0 Å². The summed E-state index contributed by atoms with van der Waals surface area (Å²) in [6.07, 6.45) is 27.3. The van der Waals surface area contributed by atoms with Gasteiger partial charge >= 0.3 is 5.97 Å². The van der Waals surface area contributed by atoms with Gasteiger partial charge in [0.1, 0.15) is 6.20 Å². The first kappa shape index (κ1) is 26.9. The quantitative estimate of drug-likeness (QED) is 0.161. The number of hydrogen-bond acceptors (Lipinski definition) is 2. The molecule has 0 amide bonds. The minimum Gasteiger partial charge on any atom is -0.477 e. The van der Waals surface area contributed by atoms with Gasteiger partial charge in [0.15, 0.2) is 6.04 Å². The molecule has 2 unspecified atom stereocenters. The molecule has 0 bridgehead atoms. The molecule has 0 saturated heterocycles. The topological polar surface area (TPSA) is 49.7 Å². The Morgan fingerprint density at radius 2 is 1.23 bits per heavy atom. The van der Waals surface area contributed by atoms with Crippen LogP contribution < -0.4 is 0 Å². The number of carbonyl (C=O) groups is 1. The van der Waals surface area contributed by atoms with Gasteiger partial charge in [-0.3, -0.25) is 0 Å². The molecule has 0 aliphatic carbocycles. The van der Waals surface area contributed by atoms with Crippen LogP contribution in [0.1, 0.15) is 129 Å². The van der Waals surface area contributed by atoms with Crippen molar-refractivity contribution in [3.05, 3.63) is 12.4 Å². The Morgan fingerprint density at radius 3 is 1.57 bits per heavy atom. The minimum absolute atomic E-state index is 0.328. The van der Waals surface area contributed by atoms with Gasteiger partial charge in [0.05, 0.1) is 13.2 Å². The molecule has 174 valence electrons. The van der Waals surface area contributed by atoms with E-state index in [1.165, 1.54) is 96.3 Å². The summed E-state index contributed by atoms with van der Waals surface area (Å²) in [6, 6.07) is -0.413. The molecule has 0 spiro atoms. The summed E-state index contributed by atoms with van der Waals surface area (Å²) in [4.78, 5) is 16.0. The van der Waals surface area contributed by atoms with Crippen LogP contribution in [0.25, 0.3) is 0 Å². The highest BCUT2D eigenvalue weighted by Crippen LogP contribution is 2.24. The maximum absolute atomic E-state index is 11.7. The molecule has 1 aliphatic heterocycles. The van der Waals surface area contributed by atoms with Crippen molar-refractivity contribution in [2.75, 3.05) is 7.05 Å². The van der Waals surface area contributed by atoms with E-state index in [1.54, 1.807) is 6.20 Å². The van der Waals surface area contributed by atoms with E-state index in [1.807, 2.05) is 20.2 Å². The first-order chi connectivity index (χ1) is 14.5. The Hall–Kier alpha value is -1.16. The summed E-state index contributed by atoms with van der Waals surface area (Å²) in [5.74, 6) is 0.157. The molecule has 0 saturated carbocycles. The molecular formula is C26H49N2O2+. The summed E-state index contributed by atoms with van der Waals surface area (Å²) in [5.41, 5.74) is 0. The van der Waals surface area contributed by atoms with Crippen molar-refractivity contribution in [2.45, 2.75) is 135 Å². The van der Waals surface area contributed by atoms with Crippen LogP contribution >= 0.6 is 0 Å². The van der Waals surface area contributed by atoms with Gasteiger partial charge in [0.2, 0.25) is 5.84 Å². The summed E-state index contributed by atoms with van der Waals surface area (Å²) in [5, 5.41) is 9.65. The van der Waals surface area contributed by atoms with E-state index in [-0.39, 0.29) is 0 Å². The zero-order chi connectivity index (χ0) is 22.1. The Balaban J connectivity index is 1.91. The van der Waals surface area contributed by atoms with E-state index in [0.29, 0.717) is 4.48 Å². The number of hydrogen-bond donors (Lipinski definition) is 1. The number of likely N-dealkylation sites (N-methyl/N-ethyl adjacent to an activating group) is 1. The van der Waals surface area contributed by atoms with Crippen molar-refractivity contribution in [3.8, 4) is 0 Å². The Morgan fingerprint density at radius 1 is 0.833 bits per heavy atom. The van der Waals surface area contributed by atoms with Crippen molar-refractivity contribution >= 4 is 11.8 Å². The molecule has 4 heteroatoms. The molecule has 1 aliphatic rings. The molecule has 2 atom stereocenters. The highest BCUT2D eigenvalue weighted by Gasteiger charge is 2.41. The minimum atomic E-state index is -0.713. The monoisotopic (exact) mass is 421 g/mol. The predicted octanol–water partition coefficient (Wildman–Crippen LogP) is 7.83. The zero-order valence-corrected chi connectivity index (χ0v) is 20.2. The lowest BCUT2D eigenvalue weighted by Gasteiger charge is -2.32. The highest BCUT2D eigenvalue weighted by molar-refractivity contribution is 5.80. The lowest BCUT2D eigenvalue weighted by Crippen LogP contribution is -2.53. The second-order valence-electron chi connectivity index (χ2n) is 9.42. The maximum Gasteiger partial charge on any atom is 0.363 e. The fraction of sp³-hybridized carbons (Fsp3) is 0.846. The van der Waals surface area contributed by atoms with E-state index < -0.39 is 12.0 Å². The van der Waals surface area contributed by atoms with Gasteiger partial charge in [-0.25, -0.2) is 14.3 Å². The lowest BCUT2D eigenvalue weighted by atomic mass is 10.0. The van der Waals surface area contributed by atoms with Gasteiger partial charge in [-0.1, -0.05) is 110 Å². The summed E-state index contributed by atoms with van der Waals surface area (Å²) in [6.45, 7) is 4.20. The van der Waals surface area contributed by atoms with Crippen molar-refractivity contribution in [1.29, 1.82) is 0 Å². The SMILES string of the molecule is CCCCCCCCCCCCCCCCCCCC(C(=O)O)[N+]1(C)C=CN=C1C. The Bertz CT molecular complexity index is 515. The molecule has 0 aromatic rings. The van der Waals surface area contributed by atoms with Crippen LogP contribution in [-0.2, 0) is 4.79 Å². The van der Waals surface area contributed by atoms with Crippen molar-refractivity contribution in [2.24, 2.45) is 4.99 Å². The number of nitrogens with zero attached hydrogens (tertiary/aromatic N) is 2. The van der Waals surface area contributed by atoms with Gasteiger partial charge < -0.3 is 5.11 Å². The number of aliphatic imine (C=N–C) groups is 1. The fourth-order valence-electron chi connectivity index (χ4n) is 4.53. The number of aliphatic carboxylic acids is 1. The van der Waals surface area contributed by atoms with Gasteiger partial charge in [0.25, 0.3) is 0 Å². The predicted molar refractivity (Wildman–Crippen MR) is 129 cm³/mol. The van der Waals surface area contributed by atoms with Gasteiger partial charge in [-0.05, 0) is 6.42 Å². The van der Waals surface area contributed by atoms with E-state index in [0.717, 1.165) is 25.1 Å². The fourth-order valence-corrected chi connectivity index (χ4v) is 4.53. The molecule has 1 rings (SSSR count). The molecule has 0 radical (unpaired) electrons. The molecule has 0 aromatic heterocycles. The normalized spacial score (nSPS) is 19.2. The Labute approximate surface area is 186 Å². The summed E-state index contributed by atoms with van der Waals surface area (Å²) < 4.78 is 0.328. The highest BCUT2D eigenvalue weighted by atomic mass is 16.4. The van der Waals surface area contributed by atoms with Crippen LogP contribution in [0, 0.1) is 0 Å². The maximum atomic E-state index is 11.7. The average molecular weight is 422 g/mol. The molecule has 0 fully saturated rings. The van der Waals surface area contributed by atoms with Crippen LogP contribution in [0.5, 0.6) is 0 Å². The molecule has 30 heavy (non-hydrogen) atoms. The summed E-state index contributed by atoms with van der Waals surface area (Å²) >= 11 is 0. The number of rotatable bonds is 20. The third-order valence-corrected chi connectivity index (χ3v) is 6.85. The largest absolute Gasteiger partial charge is 0.477 e. The summed E-state index contributed by atoms with van der Waals surface area (Å²) in [7, 11) is 1.95. The van der Waals surface area contributed by atoms with Crippen LogP contribution in [0.15, 0.2) is 17.4 Å². The molecule has 0 aromatic carbocycles. The van der Waals surface area contributed by atoms with E-state index in [4.69, 9.17) is 0 Å². The van der Waals surface area contributed by atoms with Gasteiger partial charge in [-0.2, -0.15) is 0 Å². The van der Waals surface area contributed by atoms with Crippen LogP contribution in [-0.4, -0.2) is 34.5 Å². The molecular weight excluding hydrogens is 372 g/mol. The van der Waals surface area contributed by atoms with Crippen molar-refractivity contribution < 1.29 is 14.4 Å². The lowest BCUT2D eigenvalue weighted by molar-refractivity contribution is -0.784. The van der Waals surface area contributed by atoms with Crippen molar-refractivity contribution in [1.82, 2.24) is 0 Å². The van der Waals surface area contributed by atoms with E-state index >= 15 is 0 Å². The smallest absolute Gasteiger partial charge is 0.363 e.